The van der Waals surface area contributed by atoms with Crippen LogP contribution in [0.5, 0.6) is 0 Å². The third-order valence-corrected chi connectivity index (χ3v) is 7.16. The van der Waals surface area contributed by atoms with Crippen LogP contribution in [0.15, 0.2) is 78.9 Å². The molecule has 0 aliphatic heterocycles. The second kappa shape index (κ2) is 12.7. The minimum absolute atomic E-state index is 0.0622. The molecule has 0 bridgehead atoms. The van der Waals surface area contributed by atoms with Crippen molar-refractivity contribution < 1.29 is 14.0 Å². The molecule has 1 aliphatic rings. The number of benzene rings is 3. The molecular formula is C30H32ClFN2O2. The Hall–Kier alpha value is -3.18. The summed E-state index contributed by atoms with van der Waals surface area (Å²) >= 11 is 6.47. The molecule has 3 aromatic rings. The summed E-state index contributed by atoms with van der Waals surface area (Å²) in [5.41, 5.74) is 2.44. The van der Waals surface area contributed by atoms with Crippen molar-refractivity contribution in [3.05, 3.63) is 106 Å². The van der Waals surface area contributed by atoms with Crippen LogP contribution in [0.4, 0.5) is 4.39 Å². The maximum atomic E-state index is 13.8. The molecule has 0 unspecified atom stereocenters. The van der Waals surface area contributed by atoms with E-state index in [-0.39, 0.29) is 36.6 Å². The van der Waals surface area contributed by atoms with Gasteiger partial charge in [-0.25, -0.2) is 4.39 Å². The second-order valence-electron chi connectivity index (χ2n) is 9.47. The van der Waals surface area contributed by atoms with Crippen molar-refractivity contribution in [2.24, 2.45) is 0 Å². The quantitative estimate of drug-likeness (QED) is 0.380. The van der Waals surface area contributed by atoms with Crippen molar-refractivity contribution in [2.75, 3.05) is 0 Å². The molecule has 188 valence electrons. The molecule has 1 fully saturated rings. The van der Waals surface area contributed by atoms with Gasteiger partial charge in [-0.1, -0.05) is 91.5 Å². The summed E-state index contributed by atoms with van der Waals surface area (Å²) in [6.07, 6.45) is 5.75. The summed E-state index contributed by atoms with van der Waals surface area (Å²) in [7, 11) is 0. The van der Waals surface area contributed by atoms with E-state index in [1.54, 1.807) is 23.1 Å². The second-order valence-corrected chi connectivity index (χ2v) is 9.87. The first kappa shape index (κ1) is 25.9. The molecule has 3 aromatic carbocycles. The number of carbonyl (C=O) groups excluding carboxylic acids is 2. The average molecular weight is 507 g/mol. The van der Waals surface area contributed by atoms with E-state index in [2.05, 4.69) is 5.32 Å². The number of nitrogens with zero attached hydrogens (tertiary/aromatic N) is 1. The molecule has 1 N–H and O–H groups in total. The van der Waals surface area contributed by atoms with Crippen LogP contribution in [-0.2, 0) is 29.0 Å². The van der Waals surface area contributed by atoms with E-state index in [0.29, 0.717) is 17.0 Å². The fourth-order valence-corrected chi connectivity index (χ4v) is 4.98. The highest BCUT2D eigenvalue weighted by atomic mass is 35.5. The van der Waals surface area contributed by atoms with Gasteiger partial charge >= 0.3 is 0 Å². The fraction of sp³-hybridized carbons (Fsp3) is 0.333. The molecule has 0 heterocycles. The summed E-state index contributed by atoms with van der Waals surface area (Å²) < 4.78 is 13.5. The predicted molar refractivity (Wildman–Crippen MR) is 141 cm³/mol. The van der Waals surface area contributed by atoms with Gasteiger partial charge in [-0.3, -0.25) is 9.59 Å². The molecule has 2 amide bonds. The zero-order valence-electron chi connectivity index (χ0n) is 20.3. The Labute approximate surface area is 217 Å². The highest BCUT2D eigenvalue weighted by Crippen LogP contribution is 2.23. The van der Waals surface area contributed by atoms with E-state index in [4.69, 9.17) is 11.6 Å². The summed E-state index contributed by atoms with van der Waals surface area (Å²) in [4.78, 5) is 29.1. The lowest BCUT2D eigenvalue weighted by Crippen LogP contribution is -2.53. The molecule has 1 saturated carbocycles. The van der Waals surface area contributed by atoms with E-state index in [9.17, 15) is 14.0 Å². The van der Waals surface area contributed by atoms with Gasteiger partial charge in [-0.2, -0.15) is 0 Å². The van der Waals surface area contributed by atoms with Crippen LogP contribution in [0.2, 0.25) is 5.02 Å². The lowest BCUT2D eigenvalue weighted by molar-refractivity contribution is -0.141. The van der Waals surface area contributed by atoms with Gasteiger partial charge in [-0.15, -0.1) is 0 Å². The van der Waals surface area contributed by atoms with Gasteiger partial charge in [0.05, 0.1) is 6.42 Å². The molecule has 0 aromatic heterocycles. The van der Waals surface area contributed by atoms with E-state index >= 15 is 0 Å². The van der Waals surface area contributed by atoms with Crippen molar-refractivity contribution in [3.63, 3.8) is 0 Å². The van der Waals surface area contributed by atoms with Crippen LogP contribution in [0.25, 0.3) is 0 Å². The zero-order chi connectivity index (χ0) is 25.3. The van der Waals surface area contributed by atoms with Crippen molar-refractivity contribution in [1.82, 2.24) is 10.2 Å². The maximum absolute atomic E-state index is 13.8. The molecule has 4 rings (SSSR count). The smallest absolute Gasteiger partial charge is 0.243 e. The number of nitrogens with one attached hydrogen (secondary N) is 1. The lowest BCUT2D eigenvalue weighted by atomic mass is 9.94. The molecule has 0 saturated heterocycles. The molecule has 6 heteroatoms. The monoisotopic (exact) mass is 506 g/mol. The Morgan fingerprint density at radius 2 is 1.56 bits per heavy atom. The Kier molecular flexibility index (Phi) is 9.12. The third kappa shape index (κ3) is 7.17. The first-order chi connectivity index (χ1) is 17.5. The van der Waals surface area contributed by atoms with Crippen LogP contribution in [0.3, 0.4) is 0 Å². The number of hydrogen-bond donors (Lipinski definition) is 1. The molecule has 1 atom stereocenters. The molecule has 0 radical (unpaired) electrons. The topological polar surface area (TPSA) is 49.4 Å². The van der Waals surface area contributed by atoms with Gasteiger partial charge in [-0.05, 0) is 47.7 Å². The number of amides is 2. The number of hydrogen-bond acceptors (Lipinski definition) is 2. The largest absolute Gasteiger partial charge is 0.352 e. The van der Waals surface area contributed by atoms with Gasteiger partial charge in [0.2, 0.25) is 11.8 Å². The SMILES string of the molecule is O=C(NC1CCCCC1)[C@@H](Cc1ccccc1)N(Cc1ccccc1Cl)C(=O)Cc1ccc(F)cc1. The number of halogens is 2. The van der Waals surface area contributed by atoms with Crippen LogP contribution in [0, 0.1) is 5.82 Å². The Bertz CT molecular complexity index is 1150. The highest BCUT2D eigenvalue weighted by Gasteiger charge is 2.32. The van der Waals surface area contributed by atoms with Crippen molar-refractivity contribution in [2.45, 2.75) is 63.6 Å². The molecule has 1 aliphatic carbocycles. The Balaban J connectivity index is 1.65. The zero-order valence-corrected chi connectivity index (χ0v) is 21.1. The minimum Gasteiger partial charge on any atom is -0.352 e. The first-order valence-corrected chi connectivity index (χ1v) is 13.0. The predicted octanol–water partition coefficient (Wildman–Crippen LogP) is 6.11. The summed E-state index contributed by atoms with van der Waals surface area (Å²) in [6, 6.07) is 22.4. The van der Waals surface area contributed by atoms with E-state index < -0.39 is 6.04 Å². The van der Waals surface area contributed by atoms with Crippen molar-refractivity contribution in [3.8, 4) is 0 Å². The fourth-order valence-electron chi connectivity index (χ4n) is 4.79. The van der Waals surface area contributed by atoms with Crippen LogP contribution in [0.1, 0.15) is 48.8 Å². The van der Waals surface area contributed by atoms with Gasteiger partial charge in [0, 0.05) is 24.0 Å². The van der Waals surface area contributed by atoms with Gasteiger partial charge < -0.3 is 10.2 Å². The van der Waals surface area contributed by atoms with Crippen LogP contribution < -0.4 is 5.32 Å². The van der Waals surface area contributed by atoms with Crippen LogP contribution >= 0.6 is 11.6 Å². The van der Waals surface area contributed by atoms with Gasteiger partial charge in [0.25, 0.3) is 0 Å². The third-order valence-electron chi connectivity index (χ3n) is 6.79. The van der Waals surface area contributed by atoms with E-state index in [0.717, 1.165) is 36.8 Å². The van der Waals surface area contributed by atoms with Gasteiger partial charge in [0.15, 0.2) is 0 Å². The summed E-state index contributed by atoms with van der Waals surface area (Å²) in [6.45, 7) is 0.204. The number of carbonyl (C=O) groups is 2. The van der Waals surface area contributed by atoms with Crippen LogP contribution in [-0.4, -0.2) is 28.8 Å². The van der Waals surface area contributed by atoms with E-state index in [1.165, 1.54) is 18.6 Å². The molecule has 0 spiro atoms. The molecular weight excluding hydrogens is 475 g/mol. The Morgan fingerprint density at radius 3 is 2.25 bits per heavy atom. The summed E-state index contributed by atoms with van der Waals surface area (Å²) in [5.74, 6) is -0.709. The lowest BCUT2D eigenvalue weighted by Gasteiger charge is -2.33. The molecule has 36 heavy (non-hydrogen) atoms. The maximum Gasteiger partial charge on any atom is 0.243 e. The number of rotatable bonds is 9. The Morgan fingerprint density at radius 1 is 0.889 bits per heavy atom. The average Bonchev–Trinajstić information content (AvgIpc) is 2.89. The normalized spacial score (nSPS) is 14.7. The summed E-state index contributed by atoms with van der Waals surface area (Å²) in [5, 5.41) is 3.78. The first-order valence-electron chi connectivity index (χ1n) is 12.6. The minimum atomic E-state index is -0.710. The van der Waals surface area contributed by atoms with Crippen molar-refractivity contribution >= 4 is 23.4 Å². The standard InChI is InChI=1S/C30H32ClFN2O2/c31-27-14-8-7-11-24(27)21-34(29(35)20-23-15-17-25(32)18-16-23)28(19-22-9-3-1-4-10-22)30(36)33-26-12-5-2-6-13-26/h1,3-4,7-11,14-18,26,28H,2,5-6,12-13,19-21H2,(H,33,36)/t28-/m1/s1. The molecule has 4 nitrogen and oxygen atoms in total. The highest BCUT2D eigenvalue weighted by molar-refractivity contribution is 6.31. The van der Waals surface area contributed by atoms with Gasteiger partial charge in [0.1, 0.15) is 11.9 Å². The van der Waals surface area contributed by atoms with E-state index in [1.807, 2.05) is 48.5 Å². The van der Waals surface area contributed by atoms with Crippen molar-refractivity contribution in [1.29, 1.82) is 0 Å².